The molecular weight excluding hydrogens is 238 g/mol. The molecule has 18 heavy (non-hydrogen) atoms. The molecule has 2 rings (SSSR count). The summed E-state index contributed by atoms with van der Waals surface area (Å²) in [6.07, 6.45) is 2.94. The van der Waals surface area contributed by atoms with Crippen LogP contribution in [-0.2, 0) is 0 Å². The number of H-pyrrole nitrogens is 1. The Morgan fingerprint density at radius 3 is 2.61 bits per heavy atom. The molecule has 0 saturated heterocycles. The fraction of sp³-hybridized carbons (Fsp3) is 0.0833. The van der Waals surface area contributed by atoms with E-state index in [4.69, 9.17) is 11.5 Å². The summed E-state index contributed by atoms with van der Waals surface area (Å²) in [5.41, 5.74) is 12.8. The van der Waals surface area contributed by atoms with Gasteiger partial charge in [-0.25, -0.2) is 13.8 Å². The van der Waals surface area contributed by atoms with Gasteiger partial charge in [-0.05, 0) is 13.0 Å². The van der Waals surface area contributed by atoms with Crippen molar-refractivity contribution >= 4 is 16.6 Å². The van der Waals surface area contributed by atoms with Crippen molar-refractivity contribution in [1.29, 1.82) is 0 Å². The molecule has 6 heteroatoms. The lowest BCUT2D eigenvalue weighted by Gasteiger charge is -1.96. The summed E-state index contributed by atoms with van der Waals surface area (Å²) < 4.78 is 26.1. The topological polar surface area (TPSA) is 80.7 Å². The minimum absolute atomic E-state index is 0.325. The molecule has 94 valence electrons. The maximum atomic E-state index is 13.1. The maximum Gasteiger partial charge on any atom is 0.161 e. The van der Waals surface area contributed by atoms with E-state index in [0.717, 1.165) is 12.1 Å². The van der Waals surface area contributed by atoms with Crippen LogP contribution in [0.25, 0.3) is 16.6 Å². The molecule has 1 aromatic carbocycles. The molecule has 0 amide bonds. The van der Waals surface area contributed by atoms with Crippen LogP contribution in [0, 0.1) is 11.6 Å². The Morgan fingerprint density at radius 2 is 2.00 bits per heavy atom. The van der Waals surface area contributed by atoms with Gasteiger partial charge in [-0.3, -0.25) is 0 Å². The molecular formula is C12H12F2N4. The van der Waals surface area contributed by atoms with Gasteiger partial charge in [-0.15, -0.1) is 0 Å². The van der Waals surface area contributed by atoms with Gasteiger partial charge >= 0.3 is 0 Å². The zero-order chi connectivity index (χ0) is 13.3. The number of nitrogens with two attached hydrogens (primary N) is 2. The first-order valence-corrected chi connectivity index (χ1v) is 5.22. The lowest BCUT2D eigenvalue weighted by molar-refractivity contribution is 0.510. The number of allylic oxidation sites excluding steroid dienone is 3. The number of imidazole rings is 1. The molecule has 5 N–H and O–H groups in total. The van der Waals surface area contributed by atoms with Gasteiger partial charge in [0, 0.05) is 29.6 Å². The first-order valence-electron chi connectivity index (χ1n) is 5.22. The van der Waals surface area contributed by atoms with Crippen molar-refractivity contribution in [2.24, 2.45) is 11.5 Å². The van der Waals surface area contributed by atoms with E-state index >= 15 is 0 Å². The Hall–Kier alpha value is -2.37. The van der Waals surface area contributed by atoms with Crippen LogP contribution in [0.1, 0.15) is 12.7 Å². The average molecular weight is 250 g/mol. The van der Waals surface area contributed by atoms with Crippen molar-refractivity contribution in [3.63, 3.8) is 0 Å². The summed E-state index contributed by atoms with van der Waals surface area (Å²) in [6, 6.07) is 2.08. The number of hydrogen-bond donors (Lipinski definition) is 3. The summed E-state index contributed by atoms with van der Waals surface area (Å²) in [5, 5.41) is 0. The fourth-order valence-electron chi connectivity index (χ4n) is 1.58. The summed E-state index contributed by atoms with van der Waals surface area (Å²) in [7, 11) is 0. The third-order valence-corrected chi connectivity index (χ3v) is 2.36. The van der Waals surface area contributed by atoms with Crippen molar-refractivity contribution in [3.8, 4) is 0 Å². The lowest BCUT2D eigenvalue weighted by Crippen LogP contribution is -1.95. The van der Waals surface area contributed by atoms with Crippen LogP contribution in [0.3, 0.4) is 0 Å². The Morgan fingerprint density at radius 1 is 1.33 bits per heavy atom. The molecule has 4 nitrogen and oxygen atoms in total. The van der Waals surface area contributed by atoms with E-state index in [-0.39, 0.29) is 0 Å². The average Bonchev–Trinajstić information content (AvgIpc) is 2.69. The second-order valence-corrected chi connectivity index (χ2v) is 3.88. The monoisotopic (exact) mass is 250 g/mol. The highest BCUT2D eigenvalue weighted by Gasteiger charge is 2.10. The Labute approximate surface area is 102 Å². The van der Waals surface area contributed by atoms with Gasteiger partial charge in [0.2, 0.25) is 0 Å². The first kappa shape index (κ1) is 12.1. The zero-order valence-electron chi connectivity index (χ0n) is 9.67. The highest BCUT2D eigenvalue weighted by Crippen LogP contribution is 2.20. The van der Waals surface area contributed by atoms with Gasteiger partial charge < -0.3 is 16.5 Å². The summed E-state index contributed by atoms with van der Waals surface area (Å²) in [4.78, 5) is 6.98. The number of benzene rings is 1. The number of halogens is 2. The van der Waals surface area contributed by atoms with Crippen LogP contribution in [0.5, 0.6) is 0 Å². The third kappa shape index (κ3) is 2.17. The van der Waals surface area contributed by atoms with Crippen molar-refractivity contribution in [1.82, 2.24) is 9.97 Å². The first-order chi connectivity index (χ1) is 8.51. The molecule has 0 aliphatic rings. The number of nitrogens with one attached hydrogen (secondary N) is 1. The molecule has 0 atom stereocenters. The van der Waals surface area contributed by atoms with Crippen molar-refractivity contribution in [2.75, 3.05) is 0 Å². The maximum absolute atomic E-state index is 13.1. The quantitative estimate of drug-likeness (QED) is 0.713. The second-order valence-electron chi connectivity index (χ2n) is 3.88. The van der Waals surface area contributed by atoms with Gasteiger partial charge in [0.15, 0.2) is 11.6 Å². The van der Waals surface area contributed by atoms with Crippen LogP contribution in [0.4, 0.5) is 8.78 Å². The Kier molecular flexibility index (Phi) is 3.01. The van der Waals surface area contributed by atoms with Gasteiger partial charge in [0.25, 0.3) is 0 Å². The van der Waals surface area contributed by atoms with Crippen LogP contribution < -0.4 is 11.5 Å². The predicted molar refractivity (Wildman–Crippen MR) is 66.1 cm³/mol. The molecule has 1 heterocycles. The highest BCUT2D eigenvalue weighted by molar-refractivity contribution is 5.81. The smallest absolute Gasteiger partial charge is 0.161 e. The summed E-state index contributed by atoms with van der Waals surface area (Å²) >= 11 is 0. The van der Waals surface area contributed by atoms with Gasteiger partial charge in [-0.1, -0.05) is 0 Å². The number of nitrogens with zero attached hydrogens (tertiary/aromatic N) is 1. The summed E-state index contributed by atoms with van der Waals surface area (Å²) in [6.45, 7) is 1.70. The van der Waals surface area contributed by atoms with E-state index in [1.165, 1.54) is 6.20 Å². The van der Waals surface area contributed by atoms with E-state index < -0.39 is 11.6 Å². The van der Waals surface area contributed by atoms with Crippen LogP contribution >= 0.6 is 0 Å². The SMILES string of the molecule is C/C(N)=C/C(=C\N)c1nc2cc(F)c(F)cc2[nH]1. The van der Waals surface area contributed by atoms with Crippen molar-refractivity contribution < 1.29 is 8.78 Å². The summed E-state index contributed by atoms with van der Waals surface area (Å²) in [5.74, 6) is -1.46. The Balaban J connectivity index is 2.57. The molecule has 0 unspecified atom stereocenters. The zero-order valence-corrected chi connectivity index (χ0v) is 9.67. The molecule has 2 aromatic rings. The fourth-order valence-corrected chi connectivity index (χ4v) is 1.58. The second kappa shape index (κ2) is 4.48. The molecule has 0 saturated carbocycles. The number of aromatic amines is 1. The lowest BCUT2D eigenvalue weighted by atomic mass is 10.2. The molecule has 0 radical (unpaired) electrons. The number of aromatic nitrogens is 2. The van der Waals surface area contributed by atoms with Crippen molar-refractivity contribution in [3.05, 3.63) is 47.6 Å². The standard InChI is InChI=1S/C12H12F2N4/c1-6(16)2-7(5-15)12-17-10-3-8(13)9(14)4-11(10)18-12/h2-5H,15-16H2,1H3,(H,17,18)/b6-2-,7-5+. The van der Waals surface area contributed by atoms with E-state index in [1.54, 1.807) is 13.0 Å². The number of fused-ring (bicyclic) bond motifs is 1. The van der Waals surface area contributed by atoms with E-state index in [1.807, 2.05) is 0 Å². The number of rotatable bonds is 2. The van der Waals surface area contributed by atoms with E-state index in [9.17, 15) is 8.78 Å². The molecule has 0 aliphatic heterocycles. The molecule has 0 aliphatic carbocycles. The van der Waals surface area contributed by atoms with Gasteiger partial charge in [0.1, 0.15) is 5.82 Å². The van der Waals surface area contributed by atoms with Crippen molar-refractivity contribution in [2.45, 2.75) is 6.92 Å². The minimum atomic E-state index is -0.940. The van der Waals surface area contributed by atoms with E-state index in [2.05, 4.69) is 9.97 Å². The third-order valence-electron chi connectivity index (χ3n) is 2.36. The molecule has 0 fully saturated rings. The van der Waals surface area contributed by atoms with Crippen LogP contribution in [-0.4, -0.2) is 9.97 Å². The van der Waals surface area contributed by atoms with E-state index in [0.29, 0.717) is 28.1 Å². The van der Waals surface area contributed by atoms with Crippen LogP contribution in [0.15, 0.2) is 30.1 Å². The van der Waals surface area contributed by atoms with Gasteiger partial charge in [0.05, 0.1) is 11.0 Å². The molecule has 0 spiro atoms. The predicted octanol–water partition coefficient (Wildman–Crippen LogP) is 2.00. The largest absolute Gasteiger partial charge is 0.404 e. The van der Waals surface area contributed by atoms with Crippen LogP contribution in [0.2, 0.25) is 0 Å². The Bertz CT molecular complexity index is 612. The minimum Gasteiger partial charge on any atom is -0.404 e. The normalized spacial score (nSPS) is 13.3. The highest BCUT2D eigenvalue weighted by atomic mass is 19.2. The van der Waals surface area contributed by atoms with Gasteiger partial charge in [-0.2, -0.15) is 0 Å². The number of hydrogen-bond acceptors (Lipinski definition) is 3. The molecule has 0 bridgehead atoms. The molecule has 1 aromatic heterocycles.